The van der Waals surface area contributed by atoms with E-state index in [1.165, 1.54) is 22.3 Å². The minimum absolute atomic E-state index is 0.837. The normalized spacial score (nSPS) is 13.8. The average molecular weight is 500 g/mol. The molecular weight excluding hydrogens is 466 g/mol. The molecule has 0 saturated carbocycles. The Balaban J connectivity index is 1.73. The zero-order chi connectivity index (χ0) is 26.2. The van der Waals surface area contributed by atoms with Gasteiger partial charge in [-0.05, 0) is 96.5 Å². The molecule has 2 N–H and O–H groups in total. The highest BCUT2D eigenvalue weighted by atomic mass is 14.9. The summed E-state index contributed by atoms with van der Waals surface area (Å²) in [7, 11) is 0. The Morgan fingerprint density at radius 2 is 1.00 bits per heavy atom. The maximum atomic E-state index is 5.09. The minimum atomic E-state index is 0.837. The van der Waals surface area contributed by atoms with Crippen LogP contribution in [0, 0.1) is 0 Å². The fourth-order valence-corrected chi connectivity index (χ4v) is 5.81. The fourth-order valence-electron chi connectivity index (χ4n) is 5.81. The van der Waals surface area contributed by atoms with E-state index in [-0.39, 0.29) is 0 Å². The van der Waals surface area contributed by atoms with Crippen LogP contribution in [0.25, 0.3) is 46.3 Å². The molecule has 1 aliphatic heterocycles. The number of aromatic amines is 2. The van der Waals surface area contributed by atoms with Crippen molar-refractivity contribution in [3.05, 3.63) is 98.9 Å². The van der Waals surface area contributed by atoms with Gasteiger partial charge in [0.2, 0.25) is 0 Å². The van der Waals surface area contributed by atoms with E-state index in [0.717, 1.165) is 81.9 Å². The van der Waals surface area contributed by atoms with Crippen molar-refractivity contribution in [3.63, 3.8) is 0 Å². The van der Waals surface area contributed by atoms with E-state index in [4.69, 9.17) is 15.0 Å². The number of fused-ring (bicyclic) bond motifs is 13. The van der Waals surface area contributed by atoms with Crippen LogP contribution in [0.2, 0.25) is 0 Å². The zero-order valence-corrected chi connectivity index (χ0v) is 22.5. The van der Waals surface area contributed by atoms with Gasteiger partial charge in [-0.15, -0.1) is 0 Å². The largest absolute Gasteiger partial charge is 0.355 e. The molecule has 0 aliphatic carbocycles. The molecule has 38 heavy (non-hydrogen) atoms. The maximum absolute atomic E-state index is 5.09. The Bertz CT molecular complexity index is 1770. The molecule has 10 bridgehead atoms. The third-order valence-corrected chi connectivity index (χ3v) is 7.58. The molecule has 5 nitrogen and oxygen atoms in total. The van der Waals surface area contributed by atoms with Crippen molar-refractivity contribution in [2.75, 3.05) is 0 Å². The van der Waals surface area contributed by atoms with Crippen molar-refractivity contribution in [1.29, 1.82) is 0 Å². The lowest BCUT2D eigenvalue weighted by molar-refractivity contribution is 1.04. The summed E-state index contributed by atoms with van der Waals surface area (Å²) in [5.74, 6) is 0. The first kappa shape index (κ1) is 24.1. The van der Waals surface area contributed by atoms with E-state index in [2.05, 4.69) is 74.1 Å². The van der Waals surface area contributed by atoms with E-state index in [1.54, 1.807) is 0 Å². The Hall–Kier alpha value is -4.25. The highest BCUT2D eigenvalue weighted by Crippen LogP contribution is 2.30. The summed E-state index contributed by atoms with van der Waals surface area (Å²) in [6.07, 6.45) is 8.27. The van der Waals surface area contributed by atoms with Crippen molar-refractivity contribution >= 4 is 12.2 Å². The predicted octanol–water partition coefficient (Wildman–Crippen LogP) is 5.75. The molecule has 5 aromatic heterocycles. The van der Waals surface area contributed by atoms with Gasteiger partial charge in [0.25, 0.3) is 0 Å². The number of nitrogens with one attached hydrogen (secondary N) is 2. The molecule has 6 rings (SSSR count). The number of hydrogen-bond donors (Lipinski definition) is 2. The van der Waals surface area contributed by atoms with Gasteiger partial charge in [0, 0.05) is 16.4 Å². The van der Waals surface area contributed by atoms with Crippen molar-refractivity contribution < 1.29 is 0 Å². The van der Waals surface area contributed by atoms with E-state index >= 15 is 0 Å². The van der Waals surface area contributed by atoms with Crippen molar-refractivity contribution in [2.24, 2.45) is 0 Å². The first-order chi connectivity index (χ1) is 18.6. The molecule has 1 aliphatic rings. The number of nitrogens with zero attached hydrogens (tertiary/aromatic N) is 3. The fraction of sp³-hybridized carbons (Fsp3) is 0.242. The Labute approximate surface area is 223 Å². The lowest BCUT2D eigenvalue weighted by Gasteiger charge is -2.08. The summed E-state index contributed by atoms with van der Waals surface area (Å²) in [5.41, 5.74) is 12.9. The Kier molecular flexibility index (Phi) is 6.28. The van der Waals surface area contributed by atoms with Crippen molar-refractivity contribution in [3.8, 4) is 34.2 Å². The van der Waals surface area contributed by atoms with Gasteiger partial charge < -0.3 is 9.97 Å². The van der Waals surface area contributed by atoms with Gasteiger partial charge >= 0.3 is 0 Å². The van der Waals surface area contributed by atoms with Crippen LogP contribution in [0.4, 0.5) is 0 Å². The van der Waals surface area contributed by atoms with Crippen LogP contribution in [0.5, 0.6) is 0 Å². The summed E-state index contributed by atoms with van der Waals surface area (Å²) in [6, 6.07) is 18.4. The number of rotatable bonds is 4. The maximum Gasteiger partial charge on any atom is 0.0894 e. The van der Waals surface area contributed by atoms with Crippen LogP contribution in [0.15, 0.2) is 54.6 Å². The topological polar surface area (TPSA) is 70.2 Å². The molecule has 0 radical (unpaired) electrons. The Morgan fingerprint density at radius 3 is 1.61 bits per heavy atom. The van der Waals surface area contributed by atoms with Gasteiger partial charge in [-0.2, -0.15) is 0 Å². The molecule has 0 amide bonds. The third-order valence-electron chi connectivity index (χ3n) is 7.58. The molecule has 190 valence electrons. The summed E-state index contributed by atoms with van der Waals surface area (Å²) in [5, 5.41) is 2.29. The van der Waals surface area contributed by atoms with E-state index in [0.29, 0.717) is 0 Å². The highest BCUT2D eigenvalue weighted by molar-refractivity contribution is 5.71. The summed E-state index contributed by atoms with van der Waals surface area (Å²) in [4.78, 5) is 22.6. The number of H-pyrrole nitrogens is 2. The summed E-state index contributed by atoms with van der Waals surface area (Å²) < 4.78 is 0. The van der Waals surface area contributed by atoms with Gasteiger partial charge in [0.15, 0.2) is 0 Å². The second-order valence-electron chi connectivity index (χ2n) is 9.75. The number of hydrogen-bond acceptors (Lipinski definition) is 3. The van der Waals surface area contributed by atoms with Crippen LogP contribution in [0.1, 0.15) is 61.3 Å². The van der Waals surface area contributed by atoms with Crippen LogP contribution in [-0.2, 0) is 25.7 Å². The van der Waals surface area contributed by atoms with Gasteiger partial charge in [0.05, 0.1) is 39.9 Å². The second-order valence-corrected chi connectivity index (χ2v) is 9.75. The van der Waals surface area contributed by atoms with E-state index in [1.807, 2.05) is 30.3 Å². The predicted molar refractivity (Wildman–Crippen MR) is 155 cm³/mol. The first-order valence-corrected chi connectivity index (χ1v) is 13.7. The molecule has 0 atom stereocenters. The van der Waals surface area contributed by atoms with Gasteiger partial charge in [-0.1, -0.05) is 45.9 Å². The SMILES string of the molecule is CCc1c2[nH]c(c1CC)-c1cccc(n1)-c1cccc(n1)-c1cccc(n1)/C=c1\[nH]/c(c(CC)c1CC)=C\2. The lowest BCUT2D eigenvalue weighted by Crippen LogP contribution is -2.13. The van der Waals surface area contributed by atoms with Crippen LogP contribution >= 0.6 is 0 Å². The standard InChI is InChI=1S/C33H33N5/c1-5-21-22(6-2)31-19-32-23(7-3)24(8-4)33(38-32)29-17-11-16-28(36-29)27-15-10-14-26(35-27)25-13-9-12-20(34-25)18-30(21)37-31/h9-19,37-38H,5-8H2,1-4H3/b30-18-,31-19-. The summed E-state index contributed by atoms with van der Waals surface area (Å²) >= 11 is 0. The zero-order valence-electron chi connectivity index (χ0n) is 22.5. The molecule has 5 aromatic rings. The third kappa shape index (κ3) is 4.08. The molecule has 0 aromatic carbocycles. The molecule has 0 saturated heterocycles. The molecular formula is C33H33N5. The van der Waals surface area contributed by atoms with Crippen molar-refractivity contribution in [2.45, 2.75) is 53.4 Å². The quantitative estimate of drug-likeness (QED) is 0.324. The smallest absolute Gasteiger partial charge is 0.0894 e. The van der Waals surface area contributed by atoms with Crippen molar-refractivity contribution in [1.82, 2.24) is 24.9 Å². The Morgan fingerprint density at radius 1 is 0.500 bits per heavy atom. The lowest BCUT2D eigenvalue weighted by atomic mass is 10.0. The average Bonchev–Trinajstić information content (AvgIpc) is 3.49. The molecule has 0 fully saturated rings. The van der Waals surface area contributed by atoms with E-state index < -0.39 is 0 Å². The van der Waals surface area contributed by atoms with Crippen LogP contribution in [-0.4, -0.2) is 24.9 Å². The molecule has 0 unspecified atom stereocenters. The molecule has 5 heteroatoms. The summed E-state index contributed by atoms with van der Waals surface area (Å²) in [6.45, 7) is 8.93. The van der Waals surface area contributed by atoms with Crippen LogP contribution in [0.3, 0.4) is 0 Å². The second kappa shape index (κ2) is 9.90. The minimum Gasteiger partial charge on any atom is -0.355 e. The van der Waals surface area contributed by atoms with E-state index in [9.17, 15) is 0 Å². The van der Waals surface area contributed by atoms with Gasteiger partial charge in [0.1, 0.15) is 0 Å². The number of pyridine rings is 3. The number of aromatic nitrogens is 5. The molecule has 0 spiro atoms. The van der Waals surface area contributed by atoms with Gasteiger partial charge in [-0.3, -0.25) is 0 Å². The monoisotopic (exact) mass is 499 g/mol. The van der Waals surface area contributed by atoms with Gasteiger partial charge in [-0.25, -0.2) is 15.0 Å². The first-order valence-electron chi connectivity index (χ1n) is 13.7. The highest BCUT2D eigenvalue weighted by Gasteiger charge is 2.18. The molecule has 6 heterocycles. The van der Waals surface area contributed by atoms with Crippen LogP contribution < -0.4 is 10.7 Å².